The summed E-state index contributed by atoms with van der Waals surface area (Å²) in [5, 5.41) is 11.2. The average molecular weight is 360 g/mol. The Bertz CT molecular complexity index is 548. The summed E-state index contributed by atoms with van der Waals surface area (Å²) in [5.41, 5.74) is 5.37. The Kier molecular flexibility index (Phi) is 5.97. The number of rotatable bonds is 6. The van der Waals surface area contributed by atoms with Gasteiger partial charge >= 0.3 is 12.0 Å². The van der Waals surface area contributed by atoms with E-state index in [1.54, 1.807) is 18.2 Å². The lowest BCUT2D eigenvalue weighted by molar-refractivity contribution is -0.137. The standard InChI is InChI=1S/C12H14BrN3O5/c1-21-9-3-7(13)2-8(4-9)15-12(20)16(5-10(14)17)6-11(18)19/h2-4H,5-6H2,1H3,(H2,14,17)(H,15,20)(H,18,19). The number of amides is 3. The molecule has 0 unspecified atom stereocenters. The van der Waals surface area contributed by atoms with Crippen molar-refractivity contribution in [1.29, 1.82) is 0 Å². The van der Waals surface area contributed by atoms with Gasteiger partial charge in [-0.3, -0.25) is 9.59 Å². The lowest BCUT2D eigenvalue weighted by Crippen LogP contribution is -2.43. The van der Waals surface area contributed by atoms with Crippen LogP contribution < -0.4 is 15.8 Å². The van der Waals surface area contributed by atoms with Crippen LogP contribution in [0.25, 0.3) is 0 Å². The minimum Gasteiger partial charge on any atom is -0.497 e. The molecule has 0 heterocycles. The molecule has 0 aromatic heterocycles. The first-order chi connectivity index (χ1) is 9.81. The molecular weight excluding hydrogens is 346 g/mol. The van der Waals surface area contributed by atoms with Crippen LogP contribution in [0, 0.1) is 0 Å². The second-order valence-electron chi connectivity index (χ2n) is 4.03. The number of carbonyl (C=O) groups excluding carboxylic acids is 2. The molecule has 0 aliphatic rings. The highest BCUT2D eigenvalue weighted by molar-refractivity contribution is 9.10. The van der Waals surface area contributed by atoms with Gasteiger partial charge in [-0.25, -0.2) is 4.79 Å². The van der Waals surface area contributed by atoms with E-state index in [-0.39, 0.29) is 0 Å². The smallest absolute Gasteiger partial charge is 0.323 e. The fourth-order valence-corrected chi connectivity index (χ4v) is 1.98. The number of ether oxygens (including phenoxy) is 1. The summed E-state index contributed by atoms with van der Waals surface area (Å²) in [6.07, 6.45) is 0. The number of anilines is 1. The quantitative estimate of drug-likeness (QED) is 0.695. The molecule has 21 heavy (non-hydrogen) atoms. The molecule has 0 saturated heterocycles. The van der Waals surface area contributed by atoms with E-state index in [1.165, 1.54) is 7.11 Å². The van der Waals surface area contributed by atoms with Crippen LogP contribution in [0.2, 0.25) is 0 Å². The maximum atomic E-state index is 12.0. The minimum absolute atomic E-state index is 0.381. The van der Waals surface area contributed by atoms with Crippen molar-refractivity contribution in [3.05, 3.63) is 22.7 Å². The number of hydrogen-bond acceptors (Lipinski definition) is 4. The van der Waals surface area contributed by atoms with E-state index in [0.717, 1.165) is 4.90 Å². The maximum absolute atomic E-state index is 12.0. The number of nitrogens with zero attached hydrogens (tertiary/aromatic N) is 1. The van der Waals surface area contributed by atoms with Crippen LogP contribution in [0.5, 0.6) is 5.75 Å². The van der Waals surface area contributed by atoms with Crippen molar-refractivity contribution in [2.45, 2.75) is 0 Å². The molecule has 0 aliphatic carbocycles. The lowest BCUT2D eigenvalue weighted by atomic mass is 10.3. The molecule has 1 aromatic rings. The largest absolute Gasteiger partial charge is 0.497 e. The van der Waals surface area contributed by atoms with Crippen LogP contribution in [0.1, 0.15) is 0 Å². The van der Waals surface area contributed by atoms with Crippen LogP contribution in [0.15, 0.2) is 22.7 Å². The monoisotopic (exact) mass is 359 g/mol. The van der Waals surface area contributed by atoms with Crippen molar-refractivity contribution >= 4 is 39.5 Å². The van der Waals surface area contributed by atoms with E-state index >= 15 is 0 Å². The van der Waals surface area contributed by atoms with E-state index in [4.69, 9.17) is 15.6 Å². The van der Waals surface area contributed by atoms with E-state index in [1.807, 2.05) is 0 Å². The van der Waals surface area contributed by atoms with Gasteiger partial charge in [0, 0.05) is 16.2 Å². The van der Waals surface area contributed by atoms with E-state index in [0.29, 0.717) is 15.9 Å². The number of urea groups is 1. The number of carbonyl (C=O) groups is 3. The molecule has 0 aliphatic heterocycles. The van der Waals surface area contributed by atoms with Gasteiger partial charge in [-0.05, 0) is 12.1 Å². The zero-order valence-electron chi connectivity index (χ0n) is 11.1. The Morgan fingerprint density at radius 2 is 2.00 bits per heavy atom. The SMILES string of the molecule is COc1cc(Br)cc(NC(=O)N(CC(N)=O)CC(=O)O)c1. The molecule has 9 heteroatoms. The molecule has 0 radical (unpaired) electrons. The summed E-state index contributed by atoms with van der Waals surface area (Å²) in [6.45, 7) is -1.14. The first-order valence-corrected chi connectivity index (χ1v) is 6.51. The Balaban J connectivity index is 2.87. The number of methoxy groups -OCH3 is 1. The zero-order chi connectivity index (χ0) is 16.0. The van der Waals surface area contributed by atoms with E-state index in [9.17, 15) is 14.4 Å². The number of primary amides is 1. The second-order valence-corrected chi connectivity index (χ2v) is 4.94. The van der Waals surface area contributed by atoms with Crippen molar-refractivity contribution in [3.8, 4) is 5.75 Å². The van der Waals surface area contributed by atoms with Gasteiger partial charge in [0.2, 0.25) is 5.91 Å². The van der Waals surface area contributed by atoms with Gasteiger partial charge in [0.25, 0.3) is 0 Å². The number of carboxylic acid groups (broad SMARTS) is 1. The predicted octanol–water partition coefficient (Wildman–Crippen LogP) is 0.861. The number of benzene rings is 1. The summed E-state index contributed by atoms with van der Waals surface area (Å²) in [6, 6.07) is 4.08. The summed E-state index contributed by atoms with van der Waals surface area (Å²) in [4.78, 5) is 34.4. The topological polar surface area (TPSA) is 122 Å². The average Bonchev–Trinajstić information content (AvgIpc) is 2.35. The molecule has 0 saturated carbocycles. The highest BCUT2D eigenvalue weighted by Crippen LogP contribution is 2.24. The zero-order valence-corrected chi connectivity index (χ0v) is 12.7. The van der Waals surface area contributed by atoms with Gasteiger partial charge in [0.1, 0.15) is 18.8 Å². The molecule has 1 rings (SSSR count). The third-order valence-corrected chi connectivity index (χ3v) is 2.78. The van der Waals surface area contributed by atoms with E-state index < -0.39 is 31.0 Å². The molecule has 0 atom stereocenters. The minimum atomic E-state index is -1.25. The molecular formula is C12H14BrN3O5. The van der Waals surface area contributed by atoms with Gasteiger partial charge in [0.15, 0.2) is 0 Å². The van der Waals surface area contributed by atoms with Crippen LogP contribution in [0.4, 0.5) is 10.5 Å². The molecule has 0 spiro atoms. The third kappa shape index (κ3) is 5.69. The Morgan fingerprint density at radius 3 is 2.52 bits per heavy atom. The number of hydrogen-bond donors (Lipinski definition) is 3. The number of carboxylic acids is 1. The van der Waals surface area contributed by atoms with Crippen LogP contribution in [-0.4, -0.2) is 48.1 Å². The lowest BCUT2D eigenvalue weighted by Gasteiger charge is -2.19. The number of nitrogens with two attached hydrogens (primary N) is 1. The molecule has 114 valence electrons. The third-order valence-electron chi connectivity index (χ3n) is 2.32. The molecule has 4 N–H and O–H groups in total. The van der Waals surface area contributed by atoms with Gasteiger partial charge in [0.05, 0.1) is 7.11 Å². The van der Waals surface area contributed by atoms with Crippen molar-refractivity contribution in [2.24, 2.45) is 5.73 Å². The summed E-state index contributed by atoms with van der Waals surface area (Å²) < 4.78 is 5.71. The molecule has 0 fully saturated rings. The fraction of sp³-hybridized carbons (Fsp3) is 0.250. The molecule has 1 aromatic carbocycles. The Hall–Kier alpha value is -2.29. The van der Waals surface area contributed by atoms with Crippen LogP contribution in [-0.2, 0) is 9.59 Å². The fourth-order valence-electron chi connectivity index (χ4n) is 1.51. The Morgan fingerprint density at radius 1 is 1.33 bits per heavy atom. The highest BCUT2D eigenvalue weighted by Gasteiger charge is 2.19. The van der Waals surface area contributed by atoms with E-state index in [2.05, 4.69) is 21.2 Å². The van der Waals surface area contributed by atoms with Gasteiger partial charge in [-0.2, -0.15) is 0 Å². The summed E-state index contributed by atoms with van der Waals surface area (Å²) in [5.74, 6) is -1.56. The van der Waals surface area contributed by atoms with Crippen LogP contribution >= 0.6 is 15.9 Å². The normalized spacial score (nSPS) is 9.81. The molecule has 3 amide bonds. The van der Waals surface area contributed by atoms with Gasteiger partial charge in [-0.1, -0.05) is 15.9 Å². The predicted molar refractivity (Wildman–Crippen MR) is 78.1 cm³/mol. The van der Waals surface area contributed by atoms with Gasteiger partial charge < -0.3 is 25.8 Å². The highest BCUT2D eigenvalue weighted by atomic mass is 79.9. The number of aliphatic carboxylic acids is 1. The maximum Gasteiger partial charge on any atom is 0.323 e. The summed E-state index contributed by atoms with van der Waals surface area (Å²) in [7, 11) is 1.47. The van der Waals surface area contributed by atoms with Crippen molar-refractivity contribution in [1.82, 2.24) is 4.90 Å². The van der Waals surface area contributed by atoms with Crippen molar-refractivity contribution in [2.75, 3.05) is 25.5 Å². The number of halogens is 1. The number of nitrogens with one attached hydrogen (secondary N) is 1. The summed E-state index contributed by atoms with van der Waals surface area (Å²) >= 11 is 3.25. The van der Waals surface area contributed by atoms with Crippen molar-refractivity contribution in [3.63, 3.8) is 0 Å². The Labute approximate surface area is 129 Å². The molecule has 8 nitrogen and oxygen atoms in total. The first-order valence-electron chi connectivity index (χ1n) is 5.72. The second kappa shape index (κ2) is 7.48. The van der Waals surface area contributed by atoms with Gasteiger partial charge in [-0.15, -0.1) is 0 Å². The van der Waals surface area contributed by atoms with Crippen molar-refractivity contribution < 1.29 is 24.2 Å². The molecule has 0 bridgehead atoms. The first kappa shape index (κ1) is 16.8. The van der Waals surface area contributed by atoms with Crippen LogP contribution in [0.3, 0.4) is 0 Å².